The maximum atomic E-state index is 12.0. The Hall–Kier alpha value is -3.55. The Labute approximate surface area is 156 Å². The Morgan fingerprint density at radius 2 is 1.74 bits per heavy atom. The third-order valence-corrected chi connectivity index (χ3v) is 3.30. The summed E-state index contributed by atoms with van der Waals surface area (Å²) in [7, 11) is 0. The number of ether oxygens (including phenoxy) is 2. The van der Waals surface area contributed by atoms with Crippen LogP contribution in [-0.2, 0) is 9.59 Å². The zero-order chi connectivity index (χ0) is 19.6. The van der Waals surface area contributed by atoms with E-state index in [0.717, 1.165) is 0 Å². The van der Waals surface area contributed by atoms with Crippen molar-refractivity contribution >= 4 is 23.7 Å². The molecule has 0 atom stereocenters. The number of para-hydroxylation sites is 2. The minimum Gasteiger partial charge on any atom is -0.504 e. The van der Waals surface area contributed by atoms with Gasteiger partial charge in [0.1, 0.15) is 5.75 Å². The van der Waals surface area contributed by atoms with Crippen LogP contribution in [0.5, 0.6) is 17.2 Å². The molecule has 0 aliphatic carbocycles. The maximum Gasteiger partial charge on any atom is 0.329 e. The van der Waals surface area contributed by atoms with Gasteiger partial charge in [-0.2, -0.15) is 5.10 Å². The predicted octanol–water partition coefficient (Wildman–Crippen LogP) is 2.28. The Morgan fingerprint density at radius 3 is 2.48 bits per heavy atom. The molecule has 0 spiro atoms. The molecule has 0 saturated carbocycles. The summed E-state index contributed by atoms with van der Waals surface area (Å²) < 4.78 is 10.7. The third-order valence-electron chi connectivity index (χ3n) is 3.30. The number of nitrogens with one attached hydrogen (secondary N) is 2. The molecule has 0 radical (unpaired) electrons. The van der Waals surface area contributed by atoms with Crippen LogP contribution in [0.2, 0.25) is 0 Å². The van der Waals surface area contributed by atoms with Gasteiger partial charge >= 0.3 is 11.8 Å². The Kier molecular flexibility index (Phi) is 7.18. The SMILES string of the molecule is CCOc1cc(/C=N\NC(=O)C(=O)Nc2ccccc2OCC)ccc1O. The Bertz CT molecular complexity index is 836. The second-order valence-electron chi connectivity index (χ2n) is 5.24. The van der Waals surface area contributed by atoms with E-state index < -0.39 is 11.8 Å². The summed E-state index contributed by atoms with van der Waals surface area (Å²) in [6.07, 6.45) is 1.33. The van der Waals surface area contributed by atoms with E-state index in [-0.39, 0.29) is 5.75 Å². The van der Waals surface area contributed by atoms with E-state index in [1.807, 2.05) is 6.92 Å². The first-order valence-electron chi connectivity index (χ1n) is 8.37. The monoisotopic (exact) mass is 371 g/mol. The first-order valence-corrected chi connectivity index (χ1v) is 8.37. The van der Waals surface area contributed by atoms with Crippen LogP contribution in [0.25, 0.3) is 0 Å². The number of phenols is 1. The van der Waals surface area contributed by atoms with Crippen molar-refractivity contribution < 1.29 is 24.2 Å². The molecule has 8 heteroatoms. The number of aromatic hydroxyl groups is 1. The Morgan fingerprint density at radius 1 is 1.04 bits per heavy atom. The van der Waals surface area contributed by atoms with Gasteiger partial charge in [0.15, 0.2) is 11.5 Å². The van der Waals surface area contributed by atoms with Crippen molar-refractivity contribution in [3.8, 4) is 17.2 Å². The van der Waals surface area contributed by atoms with E-state index in [1.165, 1.54) is 12.3 Å². The molecule has 2 aromatic carbocycles. The molecule has 0 bridgehead atoms. The lowest BCUT2D eigenvalue weighted by molar-refractivity contribution is -0.136. The number of hydrazone groups is 1. The van der Waals surface area contributed by atoms with Crippen LogP contribution in [0.15, 0.2) is 47.6 Å². The number of anilines is 1. The van der Waals surface area contributed by atoms with Crippen molar-refractivity contribution in [3.05, 3.63) is 48.0 Å². The zero-order valence-corrected chi connectivity index (χ0v) is 15.1. The molecule has 0 heterocycles. The normalized spacial score (nSPS) is 10.4. The highest BCUT2D eigenvalue weighted by Gasteiger charge is 2.15. The minimum atomic E-state index is -0.929. The van der Waals surface area contributed by atoms with Crippen molar-refractivity contribution in [1.29, 1.82) is 0 Å². The van der Waals surface area contributed by atoms with Gasteiger partial charge in [-0.3, -0.25) is 9.59 Å². The van der Waals surface area contributed by atoms with Crippen molar-refractivity contribution in [1.82, 2.24) is 5.43 Å². The molecule has 0 aromatic heterocycles. The van der Waals surface area contributed by atoms with Crippen molar-refractivity contribution in [3.63, 3.8) is 0 Å². The van der Waals surface area contributed by atoms with Crippen LogP contribution < -0.4 is 20.2 Å². The molecule has 142 valence electrons. The van der Waals surface area contributed by atoms with Crippen LogP contribution >= 0.6 is 0 Å². The second kappa shape index (κ2) is 9.81. The van der Waals surface area contributed by atoms with Gasteiger partial charge in [-0.15, -0.1) is 0 Å². The second-order valence-corrected chi connectivity index (χ2v) is 5.24. The van der Waals surface area contributed by atoms with Gasteiger partial charge in [-0.25, -0.2) is 5.43 Å². The standard InChI is InChI=1S/C19H21N3O5/c1-3-26-16-8-6-5-7-14(16)21-18(24)19(25)22-20-12-13-9-10-15(23)17(11-13)27-4-2/h5-12,23H,3-4H2,1-2H3,(H,21,24)(H,22,25)/b20-12-. The highest BCUT2D eigenvalue weighted by atomic mass is 16.5. The lowest BCUT2D eigenvalue weighted by Gasteiger charge is -2.10. The average Bonchev–Trinajstić information content (AvgIpc) is 2.66. The first kappa shape index (κ1) is 19.8. The fourth-order valence-electron chi connectivity index (χ4n) is 2.13. The number of carbonyl (C=O) groups is 2. The zero-order valence-electron chi connectivity index (χ0n) is 15.1. The number of hydrogen-bond donors (Lipinski definition) is 3. The van der Waals surface area contributed by atoms with Crippen LogP contribution in [-0.4, -0.2) is 36.3 Å². The smallest absolute Gasteiger partial charge is 0.329 e. The number of hydrogen-bond acceptors (Lipinski definition) is 6. The molecule has 2 rings (SSSR count). The maximum absolute atomic E-state index is 12.0. The molecule has 2 amide bonds. The topological polar surface area (TPSA) is 109 Å². The van der Waals surface area contributed by atoms with E-state index in [0.29, 0.717) is 36.0 Å². The molecule has 27 heavy (non-hydrogen) atoms. The molecule has 0 fully saturated rings. The van der Waals surface area contributed by atoms with Crippen LogP contribution in [0.1, 0.15) is 19.4 Å². The van der Waals surface area contributed by atoms with E-state index in [4.69, 9.17) is 9.47 Å². The highest BCUT2D eigenvalue weighted by Crippen LogP contribution is 2.26. The lowest BCUT2D eigenvalue weighted by atomic mass is 10.2. The highest BCUT2D eigenvalue weighted by molar-refractivity contribution is 6.39. The van der Waals surface area contributed by atoms with Gasteiger partial charge in [0.05, 0.1) is 25.1 Å². The third kappa shape index (κ3) is 5.74. The Balaban J connectivity index is 1.96. The van der Waals surface area contributed by atoms with Gasteiger partial charge in [0.25, 0.3) is 0 Å². The van der Waals surface area contributed by atoms with Gasteiger partial charge in [-0.1, -0.05) is 12.1 Å². The molecule has 0 saturated heterocycles. The summed E-state index contributed by atoms with van der Waals surface area (Å²) in [5.74, 6) is -1.03. The van der Waals surface area contributed by atoms with Crippen molar-refractivity contribution in [2.24, 2.45) is 5.10 Å². The summed E-state index contributed by atoms with van der Waals surface area (Å²) in [5, 5.41) is 15.9. The van der Waals surface area contributed by atoms with Crippen LogP contribution in [0, 0.1) is 0 Å². The molecule has 0 aliphatic rings. The molecular formula is C19H21N3O5. The molecule has 3 N–H and O–H groups in total. The van der Waals surface area contributed by atoms with Crippen molar-refractivity contribution in [2.45, 2.75) is 13.8 Å². The summed E-state index contributed by atoms with van der Waals surface area (Å²) in [4.78, 5) is 23.9. The fourth-order valence-corrected chi connectivity index (χ4v) is 2.13. The lowest BCUT2D eigenvalue weighted by Crippen LogP contribution is -2.32. The van der Waals surface area contributed by atoms with E-state index in [2.05, 4.69) is 15.8 Å². The number of amides is 2. The van der Waals surface area contributed by atoms with Gasteiger partial charge < -0.3 is 19.9 Å². The van der Waals surface area contributed by atoms with E-state index >= 15 is 0 Å². The van der Waals surface area contributed by atoms with E-state index in [1.54, 1.807) is 43.3 Å². The summed E-state index contributed by atoms with van der Waals surface area (Å²) in [6.45, 7) is 4.44. The summed E-state index contributed by atoms with van der Waals surface area (Å²) in [5.41, 5.74) is 3.12. The quantitative estimate of drug-likeness (QED) is 0.393. The molecule has 0 aliphatic heterocycles. The molecule has 8 nitrogen and oxygen atoms in total. The number of carbonyl (C=O) groups excluding carboxylic acids is 2. The van der Waals surface area contributed by atoms with Gasteiger partial charge in [0.2, 0.25) is 0 Å². The van der Waals surface area contributed by atoms with Crippen LogP contribution in [0.4, 0.5) is 5.69 Å². The van der Waals surface area contributed by atoms with E-state index in [9.17, 15) is 14.7 Å². The van der Waals surface area contributed by atoms with Gasteiger partial charge in [0, 0.05) is 0 Å². The van der Waals surface area contributed by atoms with Crippen LogP contribution in [0.3, 0.4) is 0 Å². The number of benzene rings is 2. The summed E-state index contributed by atoms with van der Waals surface area (Å²) >= 11 is 0. The number of rotatable bonds is 7. The number of phenolic OH excluding ortho intramolecular Hbond substituents is 1. The molecule has 2 aromatic rings. The minimum absolute atomic E-state index is 0.00498. The molecule has 0 unspecified atom stereocenters. The number of nitrogens with zero attached hydrogens (tertiary/aromatic N) is 1. The van der Waals surface area contributed by atoms with Crippen molar-refractivity contribution in [2.75, 3.05) is 18.5 Å². The summed E-state index contributed by atoms with van der Waals surface area (Å²) in [6, 6.07) is 11.4. The predicted molar refractivity (Wildman–Crippen MR) is 101 cm³/mol. The first-order chi connectivity index (χ1) is 13.0. The molecular weight excluding hydrogens is 350 g/mol. The average molecular weight is 371 g/mol. The fraction of sp³-hybridized carbons (Fsp3) is 0.211. The van der Waals surface area contributed by atoms with Gasteiger partial charge in [-0.05, 0) is 49.7 Å². The largest absolute Gasteiger partial charge is 0.504 e.